The maximum Gasteiger partial charge on any atom is 0.158 e. The quantitative estimate of drug-likeness (QED) is 0.713. The minimum atomic E-state index is 0.255. The van der Waals surface area contributed by atoms with E-state index in [1.165, 1.54) is 0 Å². The lowest BCUT2D eigenvalue weighted by Gasteiger charge is -2.18. The van der Waals surface area contributed by atoms with Crippen LogP contribution in [0.2, 0.25) is 0 Å². The van der Waals surface area contributed by atoms with E-state index >= 15 is 0 Å². The molecule has 0 aliphatic carbocycles. The second-order valence-corrected chi connectivity index (χ2v) is 4.32. The van der Waals surface area contributed by atoms with Crippen LogP contribution in [0.25, 0.3) is 0 Å². The van der Waals surface area contributed by atoms with Crippen LogP contribution in [-0.2, 0) is 16.1 Å². The molecule has 1 aromatic heterocycles. The fraction of sp³-hybridized carbons (Fsp3) is 0.692. The topological polar surface area (TPSA) is 68.3 Å². The predicted molar refractivity (Wildman–Crippen MR) is 76.5 cm³/mol. The van der Waals surface area contributed by atoms with Crippen molar-refractivity contribution in [2.45, 2.75) is 32.4 Å². The first-order valence-corrected chi connectivity index (χ1v) is 6.53. The molecule has 0 spiro atoms. The van der Waals surface area contributed by atoms with E-state index in [1.807, 2.05) is 13.1 Å². The summed E-state index contributed by atoms with van der Waals surface area (Å²) < 4.78 is 10.3. The van der Waals surface area contributed by atoms with Gasteiger partial charge >= 0.3 is 0 Å². The highest BCUT2D eigenvalue weighted by Gasteiger charge is 2.10. The number of methoxy groups -OCH3 is 2. The monoisotopic (exact) mass is 268 g/mol. The molecule has 1 heterocycles. The molecule has 108 valence electrons. The Morgan fingerprint density at radius 3 is 2.53 bits per heavy atom. The molecule has 1 unspecified atom stereocenters. The predicted octanol–water partition coefficient (Wildman–Crippen LogP) is 1.89. The van der Waals surface area contributed by atoms with Crippen LogP contribution in [0.1, 0.15) is 25.6 Å². The van der Waals surface area contributed by atoms with Crippen molar-refractivity contribution in [1.82, 2.24) is 9.97 Å². The van der Waals surface area contributed by atoms with Crippen molar-refractivity contribution in [3.05, 3.63) is 11.9 Å². The molecule has 0 saturated carbocycles. The molecule has 6 nitrogen and oxygen atoms in total. The number of hydrogen-bond acceptors (Lipinski definition) is 6. The Morgan fingerprint density at radius 1 is 1.21 bits per heavy atom. The van der Waals surface area contributed by atoms with Gasteiger partial charge in [0.2, 0.25) is 0 Å². The van der Waals surface area contributed by atoms with Gasteiger partial charge in [0, 0.05) is 27.3 Å². The zero-order chi connectivity index (χ0) is 14.1. The van der Waals surface area contributed by atoms with E-state index in [0.717, 1.165) is 24.5 Å². The van der Waals surface area contributed by atoms with Crippen molar-refractivity contribution in [1.29, 1.82) is 0 Å². The summed E-state index contributed by atoms with van der Waals surface area (Å²) in [5.41, 5.74) is 0. The average Bonchev–Trinajstić information content (AvgIpc) is 2.39. The second-order valence-electron chi connectivity index (χ2n) is 4.32. The standard InChI is InChI=1S/C13H24N4O2/c1-5-6-10(8-18-3)15-12-7-11(14-2)16-13(17-12)9-19-4/h7,10H,5-6,8-9H2,1-4H3,(H2,14,15,16,17). The lowest BCUT2D eigenvalue weighted by atomic mass is 10.2. The molecule has 1 rings (SSSR count). The summed E-state index contributed by atoms with van der Waals surface area (Å²) in [7, 11) is 5.17. The third-order valence-electron chi connectivity index (χ3n) is 2.66. The van der Waals surface area contributed by atoms with Crippen molar-refractivity contribution >= 4 is 11.6 Å². The molecule has 0 bridgehead atoms. The number of hydrogen-bond donors (Lipinski definition) is 2. The first-order valence-electron chi connectivity index (χ1n) is 6.53. The van der Waals surface area contributed by atoms with Crippen LogP contribution in [0.5, 0.6) is 0 Å². The SMILES string of the molecule is CCCC(COC)Nc1cc(NC)nc(COC)n1. The normalized spacial score (nSPS) is 12.2. The highest BCUT2D eigenvalue weighted by Crippen LogP contribution is 2.14. The average molecular weight is 268 g/mol. The van der Waals surface area contributed by atoms with Crippen LogP contribution in [0.4, 0.5) is 11.6 Å². The van der Waals surface area contributed by atoms with E-state index in [2.05, 4.69) is 27.5 Å². The minimum Gasteiger partial charge on any atom is -0.383 e. The van der Waals surface area contributed by atoms with Gasteiger partial charge in [0.15, 0.2) is 5.82 Å². The molecule has 0 fully saturated rings. The smallest absolute Gasteiger partial charge is 0.158 e. The van der Waals surface area contributed by atoms with Crippen molar-refractivity contribution in [3.8, 4) is 0 Å². The number of nitrogens with one attached hydrogen (secondary N) is 2. The van der Waals surface area contributed by atoms with Crippen LogP contribution < -0.4 is 10.6 Å². The molecule has 0 radical (unpaired) electrons. The fourth-order valence-corrected chi connectivity index (χ4v) is 1.85. The Labute approximate surface area is 114 Å². The van der Waals surface area contributed by atoms with Gasteiger partial charge in [0.05, 0.1) is 12.6 Å². The molecule has 0 amide bonds. The Hall–Kier alpha value is -1.40. The van der Waals surface area contributed by atoms with Crippen molar-refractivity contribution < 1.29 is 9.47 Å². The number of nitrogens with zero attached hydrogens (tertiary/aromatic N) is 2. The summed E-state index contributed by atoms with van der Waals surface area (Å²) in [6.45, 7) is 3.21. The summed E-state index contributed by atoms with van der Waals surface area (Å²) in [5, 5.41) is 6.41. The molecule has 0 aliphatic rings. The van der Waals surface area contributed by atoms with Crippen LogP contribution in [0.3, 0.4) is 0 Å². The molecular weight excluding hydrogens is 244 g/mol. The highest BCUT2D eigenvalue weighted by molar-refractivity contribution is 5.47. The van der Waals surface area contributed by atoms with Gasteiger partial charge in [-0.15, -0.1) is 0 Å². The zero-order valence-corrected chi connectivity index (χ0v) is 12.2. The minimum absolute atomic E-state index is 0.255. The third-order valence-corrected chi connectivity index (χ3v) is 2.66. The Balaban J connectivity index is 2.81. The second kappa shape index (κ2) is 8.66. The molecule has 0 aliphatic heterocycles. The van der Waals surface area contributed by atoms with Crippen molar-refractivity contribution in [2.75, 3.05) is 38.5 Å². The van der Waals surface area contributed by atoms with Gasteiger partial charge in [-0.2, -0.15) is 0 Å². The Bertz CT molecular complexity index is 368. The number of anilines is 2. The molecule has 19 heavy (non-hydrogen) atoms. The van der Waals surface area contributed by atoms with Gasteiger partial charge in [-0.05, 0) is 6.42 Å². The van der Waals surface area contributed by atoms with Gasteiger partial charge < -0.3 is 20.1 Å². The van der Waals surface area contributed by atoms with Gasteiger partial charge in [-0.1, -0.05) is 13.3 Å². The first-order chi connectivity index (χ1) is 9.23. The molecule has 1 aromatic rings. The molecule has 1 atom stereocenters. The first kappa shape index (κ1) is 15.7. The molecule has 0 aromatic carbocycles. The number of rotatable bonds is 9. The maximum absolute atomic E-state index is 5.22. The number of ether oxygens (including phenoxy) is 2. The van der Waals surface area contributed by atoms with Crippen LogP contribution in [0.15, 0.2) is 6.07 Å². The summed E-state index contributed by atoms with van der Waals surface area (Å²) in [4.78, 5) is 8.76. The van der Waals surface area contributed by atoms with E-state index in [1.54, 1.807) is 14.2 Å². The van der Waals surface area contributed by atoms with Crippen LogP contribution >= 0.6 is 0 Å². The number of aromatic nitrogens is 2. The van der Waals surface area contributed by atoms with Gasteiger partial charge in [-0.25, -0.2) is 9.97 Å². The van der Waals surface area contributed by atoms with Gasteiger partial charge in [-0.3, -0.25) is 0 Å². The Morgan fingerprint density at radius 2 is 1.95 bits per heavy atom. The van der Waals surface area contributed by atoms with E-state index in [9.17, 15) is 0 Å². The van der Waals surface area contributed by atoms with E-state index < -0.39 is 0 Å². The third kappa shape index (κ3) is 5.40. The van der Waals surface area contributed by atoms with Crippen molar-refractivity contribution in [2.24, 2.45) is 0 Å². The Kier molecular flexibility index (Phi) is 7.14. The van der Waals surface area contributed by atoms with Crippen LogP contribution in [0, 0.1) is 0 Å². The molecular formula is C13H24N4O2. The summed E-state index contributed by atoms with van der Waals surface area (Å²) in [6.07, 6.45) is 2.13. The lowest BCUT2D eigenvalue weighted by molar-refractivity contribution is 0.177. The lowest BCUT2D eigenvalue weighted by Crippen LogP contribution is -2.25. The fourth-order valence-electron chi connectivity index (χ4n) is 1.85. The highest BCUT2D eigenvalue weighted by atomic mass is 16.5. The molecule has 2 N–H and O–H groups in total. The largest absolute Gasteiger partial charge is 0.383 e. The van der Waals surface area contributed by atoms with Gasteiger partial charge in [0.25, 0.3) is 0 Å². The van der Waals surface area contributed by atoms with Gasteiger partial charge in [0.1, 0.15) is 18.2 Å². The zero-order valence-electron chi connectivity index (χ0n) is 12.2. The van der Waals surface area contributed by atoms with Crippen LogP contribution in [-0.4, -0.2) is 43.9 Å². The summed E-state index contributed by atoms with van der Waals surface area (Å²) in [5.74, 6) is 2.23. The van der Waals surface area contributed by atoms with E-state index in [4.69, 9.17) is 9.47 Å². The summed E-state index contributed by atoms with van der Waals surface area (Å²) in [6, 6.07) is 2.14. The van der Waals surface area contributed by atoms with E-state index in [0.29, 0.717) is 19.0 Å². The van der Waals surface area contributed by atoms with Crippen molar-refractivity contribution in [3.63, 3.8) is 0 Å². The molecule has 6 heteroatoms. The maximum atomic E-state index is 5.22. The summed E-state index contributed by atoms with van der Waals surface area (Å²) >= 11 is 0. The van der Waals surface area contributed by atoms with E-state index in [-0.39, 0.29) is 6.04 Å². The molecule has 0 saturated heterocycles.